The molecule has 2 heteroatoms. The first-order valence-corrected chi connectivity index (χ1v) is 7.59. The summed E-state index contributed by atoms with van der Waals surface area (Å²) in [6.45, 7) is 15.1. The molecule has 0 radical (unpaired) electrons. The molecule has 0 amide bonds. The minimum Gasteiger partial charge on any atom is -0.507 e. The van der Waals surface area contributed by atoms with Crippen molar-refractivity contribution in [2.24, 2.45) is 5.73 Å². The highest BCUT2D eigenvalue weighted by atomic mass is 16.3. The van der Waals surface area contributed by atoms with Crippen LogP contribution >= 0.6 is 0 Å². The lowest BCUT2D eigenvalue weighted by Crippen LogP contribution is -2.23. The molecule has 3 N–H and O–H groups in total. The van der Waals surface area contributed by atoms with Gasteiger partial charge in [0.25, 0.3) is 0 Å². The van der Waals surface area contributed by atoms with Gasteiger partial charge in [-0.05, 0) is 40.4 Å². The molecular formula is C18H31NO. The zero-order valence-electron chi connectivity index (χ0n) is 14.2. The highest BCUT2D eigenvalue weighted by Crippen LogP contribution is 2.38. The van der Waals surface area contributed by atoms with Crippen LogP contribution in [0.15, 0.2) is 12.1 Å². The lowest BCUT2D eigenvalue weighted by atomic mass is 9.78. The van der Waals surface area contributed by atoms with Crippen molar-refractivity contribution >= 4 is 0 Å². The zero-order chi connectivity index (χ0) is 15.7. The fraction of sp³-hybridized carbons (Fsp3) is 0.667. The van der Waals surface area contributed by atoms with Crippen molar-refractivity contribution in [1.82, 2.24) is 0 Å². The summed E-state index contributed by atoms with van der Waals surface area (Å²) in [6.07, 6.45) is 1.65. The normalized spacial score (nSPS) is 14.4. The first-order valence-electron chi connectivity index (χ1n) is 7.59. The summed E-state index contributed by atoms with van der Waals surface area (Å²) in [4.78, 5) is 0. The topological polar surface area (TPSA) is 46.2 Å². The van der Waals surface area contributed by atoms with Gasteiger partial charge in [-0.25, -0.2) is 0 Å². The van der Waals surface area contributed by atoms with Gasteiger partial charge in [0, 0.05) is 6.04 Å². The van der Waals surface area contributed by atoms with E-state index in [0.29, 0.717) is 5.75 Å². The molecule has 1 unspecified atom stereocenters. The van der Waals surface area contributed by atoms with E-state index in [1.54, 1.807) is 0 Å². The van der Waals surface area contributed by atoms with E-state index in [-0.39, 0.29) is 16.9 Å². The number of nitrogens with two attached hydrogens (primary N) is 1. The predicted molar refractivity (Wildman–Crippen MR) is 87.5 cm³/mol. The molecule has 0 saturated heterocycles. The van der Waals surface area contributed by atoms with Crippen molar-refractivity contribution < 1.29 is 5.11 Å². The summed E-state index contributed by atoms with van der Waals surface area (Å²) < 4.78 is 0. The maximum atomic E-state index is 10.6. The van der Waals surface area contributed by atoms with Crippen LogP contribution in [0.4, 0.5) is 0 Å². The second kappa shape index (κ2) is 5.77. The van der Waals surface area contributed by atoms with Gasteiger partial charge in [-0.1, -0.05) is 60.6 Å². The molecule has 0 aliphatic heterocycles. The van der Waals surface area contributed by atoms with Crippen LogP contribution in [0, 0.1) is 0 Å². The number of phenols is 1. The Morgan fingerprint density at radius 1 is 1.05 bits per heavy atom. The SMILES string of the molecule is CCC(N)Cc1cc(C(C)(C)C)cc(C(C)(C)C)c1O. The molecule has 0 aliphatic rings. The average molecular weight is 277 g/mol. The summed E-state index contributed by atoms with van der Waals surface area (Å²) in [5.41, 5.74) is 9.34. The van der Waals surface area contributed by atoms with Gasteiger partial charge in [-0.2, -0.15) is 0 Å². The Labute approximate surface area is 124 Å². The van der Waals surface area contributed by atoms with Crippen LogP contribution < -0.4 is 5.73 Å². The van der Waals surface area contributed by atoms with Gasteiger partial charge >= 0.3 is 0 Å². The Morgan fingerprint density at radius 3 is 2.00 bits per heavy atom. The van der Waals surface area contributed by atoms with Crippen molar-refractivity contribution in [3.63, 3.8) is 0 Å². The quantitative estimate of drug-likeness (QED) is 0.867. The molecule has 1 aromatic carbocycles. The molecule has 0 saturated carbocycles. The standard InChI is InChI=1S/C18H31NO/c1-8-14(19)10-12-9-13(17(2,3)4)11-15(16(12)20)18(5,6)7/h9,11,14,20H,8,10,19H2,1-7H3. The van der Waals surface area contributed by atoms with Crippen molar-refractivity contribution in [3.8, 4) is 5.75 Å². The van der Waals surface area contributed by atoms with Gasteiger partial charge in [0.15, 0.2) is 0 Å². The van der Waals surface area contributed by atoms with Crippen LogP contribution in [-0.4, -0.2) is 11.1 Å². The summed E-state index contributed by atoms with van der Waals surface area (Å²) in [5.74, 6) is 0.425. The lowest BCUT2D eigenvalue weighted by Gasteiger charge is -2.28. The smallest absolute Gasteiger partial charge is 0.122 e. The van der Waals surface area contributed by atoms with Crippen LogP contribution in [0.1, 0.15) is 71.6 Å². The molecular weight excluding hydrogens is 246 g/mol. The van der Waals surface area contributed by atoms with E-state index < -0.39 is 0 Å². The fourth-order valence-corrected chi connectivity index (χ4v) is 2.28. The molecule has 0 spiro atoms. The van der Waals surface area contributed by atoms with Crippen molar-refractivity contribution in [3.05, 3.63) is 28.8 Å². The van der Waals surface area contributed by atoms with Gasteiger partial charge in [0.1, 0.15) is 5.75 Å². The molecule has 114 valence electrons. The molecule has 0 aromatic heterocycles. The number of aromatic hydroxyl groups is 1. The molecule has 1 rings (SSSR count). The third kappa shape index (κ3) is 3.99. The molecule has 0 bridgehead atoms. The number of benzene rings is 1. The number of hydrogen-bond acceptors (Lipinski definition) is 2. The monoisotopic (exact) mass is 277 g/mol. The van der Waals surface area contributed by atoms with Gasteiger partial charge in [0.05, 0.1) is 0 Å². The summed E-state index contributed by atoms with van der Waals surface area (Å²) in [7, 11) is 0. The van der Waals surface area contributed by atoms with E-state index in [9.17, 15) is 5.11 Å². The molecule has 1 atom stereocenters. The van der Waals surface area contributed by atoms with Gasteiger partial charge in [-0.3, -0.25) is 0 Å². The van der Waals surface area contributed by atoms with Crippen LogP contribution in [0.3, 0.4) is 0 Å². The first-order chi connectivity index (χ1) is 8.96. The maximum Gasteiger partial charge on any atom is 0.122 e. The van der Waals surface area contributed by atoms with Crippen molar-refractivity contribution in [2.75, 3.05) is 0 Å². The van der Waals surface area contributed by atoms with E-state index in [4.69, 9.17) is 5.73 Å². The Morgan fingerprint density at radius 2 is 1.60 bits per heavy atom. The minimum atomic E-state index is -0.0730. The second-order valence-corrected chi connectivity index (χ2v) is 7.90. The Bertz CT molecular complexity index is 464. The number of rotatable bonds is 3. The first kappa shape index (κ1) is 17.0. The molecule has 20 heavy (non-hydrogen) atoms. The minimum absolute atomic E-state index is 0.0682. The van der Waals surface area contributed by atoms with E-state index in [1.807, 2.05) is 0 Å². The molecule has 1 aromatic rings. The number of hydrogen-bond donors (Lipinski definition) is 2. The third-order valence-electron chi connectivity index (χ3n) is 3.87. The number of phenolic OH excluding ortho intramolecular Hbond substituents is 1. The molecule has 0 fully saturated rings. The average Bonchev–Trinajstić information content (AvgIpc) is 2.28. The predicted octanol–water partition coefficient (Wildman–Crippen LogP) is 4.27. The van der Waals surface area contributed by atoms with E-state index in [2.05, 4.69) is 60.6 Å². The highest BCUT2D eigenvalue weighted by Gasteiger charge is 2.25. The van der Waals surface area contributed by atoms with Crippen molar-refractivity contribution in [2.45, 2.75) is 78.2 Å². The third-order valence-corrected chi connectivity index (χ3v) is 3.87. The van der Waals surface area contributed by atoms with Crippen LogP contribution in [0.25, 0.3) is 0 Å². The van der Waals surface area contributed by atoms with Crippen molar-refractivity contribution in [1.29, 1.82) is 0 Å². The molecule has 0 aliphatic carbocycles. The van der Waals surface area contributed by atoms with Crippen LogP contribution in [0.2, 0.25) is 0 Å². The Kier molecular flexibility index (Phi) is 4.91. The maximum absolute atomic E-state index is 10.6. The summed E-state index contributed by atoms with van der Waals surface area (Å²) in [5, 5.41) is 10.6. The lowest BCUT2D eigenvalue weighted by molar-refractivity contribution is 0.434. The summed E-state index contributed by atoms with van der Waals surface area (Å²) in [6, 6.07) is 4.38. The van der Waals surface area contributed by atoms with Gasteiger partial charge in [-0.15, -0.1) is 0 Å². The molecule has 2 nitrogen and oxygen atoms in total. The van der Waals surface area contributed by atoms with E-state index in [1.165, 1.54) is 5.56 Å². The largest absolute Gasteiger partial charge is 0.507 e. The Hall–Kier alpha value is -1.02. The Balaban J connectivity index is 3.43. The van der Waals surface area contributed by atoms with Crippen LogP contribution in [-0.2, 0) is 17.3 Å². The fourth-order valence-electron chi connectivity index (χ4n) is 2.28. The van der Waals surface area contributed by atoms with Gasteiger partial charge in [0.2, 0.25) is 0 Å². The van der Waals surface area contributed by atoms with E-state index >= 15 is 0 Å². The van der Waals surface area contributed by atoms with Gasteiger partial charge < -0.3 is 10.8 Å². The highest BCUT2D eigenvalue weighted by molar-refractivity contribution is 5.49. The van der Waals surface area contributed by atoms with Crippen LogP contribution in [0.5, 0.6) is 5.75 Å². The molecule has 0 heterocycles. The zero-order valence-corrected chi connectivity index (χ0v) is 14.2. The summed E-state index contributed by atoms with van der Waals surface area (Å²) >= 11 is 0. The van der Waals surface area contributed by atoms with E-state index in [0.717, 1.165) is 24.0 Å². The second-order valence-electron chi connectivity index (χ2n) is 7.90.